The number of hydrogen-bond acceptors (Lipinski definition) is 7. The highest BCUT2D eigenvalue weighted by Crippen LogP contribution is 2.29. The third kappa shape index (κ3) is 5.39. The molecule has 0 unspecified atom stereocenters. The topological polar surface area (TPSA) is 126 Å². The molecule has 0 spiro atoms. The number of carbonyl (C=O) groups is 1. The molecule has 170 valence electrons. The summed E-state index contributed by atoms with van der Waals surface area (Å²) in [6, 6.07) is 13.8. The van der Waals surface area contributed by atoms with Crippen LogP contribution in [0.3, 0.4) is 0 Å². The van der Waals surface area contributed by atoms with Gasteiger partial charge in [0.2, 0.25) is 15.9 Å². The molecule has 3 aromatic rings. The largest absolute Gasteiger partial charge is 0.495 e. The van der Waals surface area contributed by atoms with E-state index < -0.39 is 10.0 Å². The molecule has 1 heterocycles. The van der Waals surface area contributed by atoms with Crippen molar-refractivity contribution in [3.8, 4) is 5.75 Å². The number of hydrogen-bond donors (Lipinski definition) is 2. The maximum atomic E-state index is 12.5. The van der Waals surface area contributed by atoms with Crippen molar-refractivity contribution in [1.82, 2.24) is 19.1 Å². The van der Waals surface area contributed by atoms with Gasteiger partial charge in [0.25, 0.3) is 0 Å². The van der Waals surface area contributed by atoms with Crippen molar-refractivity contribution in [2.24, 2.45) is 0 Å². The first-order valence-electron chi connectivity index (χ1n) is 9.44. The predicted molar refractivity (Wildman–Crippen MR) is 122 cm³/mol. The number of anilines is 1. The molecule has 0 radical (unpaired) electrons. The van der Waals surface area contributed by atoms with E-state index in [4.69, 9.17) is 4.74 Å². The van der Waals surface area contributed by atoms with Crippen molar-refractivity contribution in [3.05, 3.63) is 64.6 Å². The van der Waals surface area contributed by atoms with Crippen LogP contribution >= 0.6 is 11.8 Å². The van der Waals surface area contributed by atoms with E-state index >= 15 is 0 Å². The summed E-state index contributed by atoms with van der Waals surface area (Å²) in [6.07, 6.45) is 0. The number of sulfonamides is 1. The summed E-state index contributed by atoms with van der Waals surface area (Å²) in [6.45, 7) is 0.324. The molecule has 32 heavy (non-hydrogen) atoms. The average Bonchev–Trinajstić information content (AvgIpc) is 3.12. The molecular formula is C20H23N5O5S2. The summed E-state index contributed by atoms with van der Waals surface area (Å²) < 4.78 is 32.7. The van der Waals surface area contributed by atoms with Gasteiger partial charge in [0.1, 0.15) is 10.6 Å². The summed E-state index contributed by atoms with van der Waals surface area (Å²) in [5, 5.41) is 9.43. The van der Waals surface area contributed by atoms with Crippen molar-refractivity contribution < 1.29 is 17.9 Å². The third-order valence-electron chi connectivity index (χ3n) is 4.45. The predicted octanol–water partition coefficient (Wildman–Crippen LogP) is 1.61. The second-order valence-electron chi connectivity index (χ2n) is 6.87. The highest BCUT2D eigenvalue weighted by Gasteiger charge is 2.23. The molecule has 0 saturated heterocycles. The highest BCUT2D eigenvalue weighted by molar-refractivity contribution is 7.99. The van der Waals surface area contributed by atoms with Crippen LogP contribution in [-0.2, 0) is 21.4 Å². The zero-order chi connectivity index (χ0) is 23.3. The molecule has 0 saturated carbocycles. The molecular weight excluding hydrogens is 454 g/mol. The van der Waals surface area contributed by atoms with Gasteiger partial charge in [0, 0.05) is 19.8 Å². The summed E-state index contributed by atoms with van der Waals surface area (Å²) in [5.74, 6) is -0.233. The molecule has 2 N–H and O–H groups in total. The van der Waals surface area contributed by atoms with Crippen LogP contribution in [0.4, 0.5) is 5.69 Å². The fourth-order valence-corrected chi connectivity index (χ4v) is 4.62. The van der Waals surface area contributed by atoms with Gasteiger partial charge in [0.05, 0.1) is 19.4 Å². The van der Waals surface area contributed by atoms with E-state index in [1.165, 1.54) is 37.9 Å². The quantitative estimate of drug-likeness (QED) is 0.448. The Morgan fingerprint density at radius 1 is 1.22 bits per heavy atom. The number of ether oxygens (including phenoxy) is 1. The Morgan fingerprint density at radius 2 is 1.94 bits per heavy atom. The summed E-state index contributed by atoms with van der Waals surface area (Å²) in [5.41, 5.74) is 0.862. The monoisotopic (exact) mass is 477 g/mol. The Bertz CT molecular complexity index is 1250. The Labute approximate surface area is 189 Å². The van der Waals surface area contributed by atoms with Crippen LogP contribution in [0.1, 0.15) is 5.56 Å². The number of thioether (sulfide) groups is 1. The second-order valence-corrected chi connectivity index (χ2v) is 9.94. The van der Waals surface area contributed by atoms with E-state index in [0.29, 0.717) is 17.4 Å². The number of rotatable bonds is 9. The van der Waals surface area contributed by atoms with E-state index in [9.17, 15) is 18.0 Å². The standard InChI is InChI=1S/C20H23N5O5S2/c1-24(2)32(28,29)17-11-15(9-10-16(17)30-3)21-18(26)13-31-20-23-22-19(27)25(20)12-14-7-5-4-6-8-14/h4-11H,12-13H2,1-3H3,(H,21,26)(H,22,27). The zero-order valence-corrected chi connectivity index (χ0v) is 19.4. The fraction of sp³-hybridized carbons (Fsp3) is 0.250. The van der Waals surface area contributed by atoms with Crippen LogP contribution < -0.4 is 15.7 Å². The Kier molecular flexibility index (Phi) is 7.38. The van der Waals surface area contributed by atoms with Crippen LogP contribution in [0.5, 0.6) is 5.75 Å². The van der Waals surface area contributed by atoms with Gasteiger partial charge in [0.15, 0.2) is 5.16 Å². The van der Waals surface area contributed by atoms with Gasteiger partial charge in [-0.3, -0.25) is 9.36 Å². The number of aromatic amines is 1. The minimum atomic E-state index is -3.77. The molecule has 10 nitrogen and oxygen atoms in total. The molecule has 0 aliphatic rings. The number of carbonyl (C=O) groups excluding carboxylic acids is 1. The summed E-state index contributed by atoms with van der Waals surface area (Å²) >= 11 is 1.09. The van der Waals surface area contributed by atoms with Gasteiger partial charge in [-0.05, 0) is 23.8 Å². The van der Waals surface area contributed by atoms with Gasteiger partial charge >= 0.3 is 5.69 Å². The van der Waals surface area contributed by atoms with Crippen molar-refractivity contribution in [2.45, 2.75) is 16.6 Å². The lowest BCUT2D eigenvalue weighted by Gasteiger charge is -2.16. The molecule has 0 bridgehead atoms. The number of aromatic nitrogens is 3. The number of H-pyrrole nitrogens is 1. The van der Waals surface area contributed by atoms with Gasteiger partial charge in [-0.25, -0.2) is 22.6 Å². The normalized spacial score (nSPS) is 11.5. The first kappa shape index (κ1) is 23.6. The molecule has 2 aromatic carbocycles. The molecule has 1 aromatic heterocycles. The number of nitrogens with one attached hydrogen (secondary N) is 2. The van der Waals surface area contributed by atoms with E-state index in [-0.39, 0.29) is 28.0 Å². The Morgan fingerprint density at radius 3 is 2.59 bits per heavy atom. The fourth-order valence-electron chi connectivity index (χ4n) is 2.80. The number of benzene rings is 2. The van der Waals surface area contributed by atoms with Crippen LogP contribution in [0, 0.1) is 0 Å². The summed E-state index contributed by atoms with van der Waals surface area (Å²) in [4.78, 5) is 24.5. The van der Waals surface area contributed by atoms with Gasteiger partial charge in [-0.1, -0.05) is 42.1 Å². The van der Waals surface area contributed by atoms with Crippen LogP contribution in [0.2, 0.25) is 0 Å². The van der Waals surface area contributed by atoms with E-state index in [1.807, 2.05) is 30.3 Å². The SMILES string of the molecule is COc1ccc(NC(=O)CSc2n[nH]c(=O)n2Cc2ccccc2)cc1S(=O)(=O)N(C)C. The first-order chi connectivity index (χ1) is 15.2. The first-order valence-corrected chi connectivity index (χ1v) is 11.9. The molecule has 0 fully saturated rings. The van der Waals surface area contributed by atoms with Crippen LogP contribution in [0.25, 0.3) is 0 Å². The van der Waals surface area contributed by atoms with E-state index in [2.05, 4.69) is 15.5 Å². The smallest absolute Gasteiger partial charge is 0.344 e. The molecule has 1 amide bonds. The zero-order valence-electron chi connectivity index (χ0n) is 17.7. The van der Waals surface area contributed by atoms with Gasteiger partial charge < -0.3 is 10.1 Å². The molecule has 12 heteroatoms. The minimum Gasteiger partial charge on any atom is -0.495 e. The number of amides is 1. The van der Waals surface area contributed by atoms with Crippen molar-refractivity contribution >= 4 is 33.4 Å². The lowest BCUT2D eigenvalue weighted by Crippen LogP contribution is -2.23. The molecule has 0 aliphatic heterocycles. The van der Waals surface area contributed by atoms with Crippen molar-refractivity contribution in [1.29, 1.82) is 0 Å². The van der Waals surface area contributed by atoms with E-state index in [1.54, 1.807) is 6.07 Å². The van der Waals surface area contributed by atoms with Gasteiger partial charge in [-0.15, -0.1) is 5.10 Å². The number of methoxy groups -OCH3 is 1. The minimum absolute atomic E-state index is 0.0269. The lowest BCUT2D eigenvalue weighted by atomic mass is 10.2. The summed E-state index contributed by atoms with van der Waals surface area (Å²) in [7, 11) is 0.431. The maximum Gasteiger partial charge on any atom is 0.344 e. The Hall–Kier alpha value is -3.09. The third-order valence-corrected chi connectivity index (χ3v) is 7.26. The molecule has 3 rings (SSSR count). The van der Waals surface area contributed by atoms with Crippen LogP contribution in [-0.4, -0.2) is 60.4 Å². The highest BCUT2D eigenvalue weighted by atomic mass is 32.2. The van der Waals surface area contributed by atoms with Crippen molar-refractivity contribution in [3.63, 3.8) is 0 Å². The van der Waals surface area contributed by atoms with E-state index in [0.717, 1.165) is 21.6 Å². The lowest BCUT2D eigenvalue weighted by molar-refractivity contribution is -0.113. The molecule has 0 aliphatic carbocycles. The molecule has 0 atom stereocenters. The maximum absolute atomic E-state index is 12.5. The van der Waals surface area contributed by atoms with Gasteiger partial charge in [-0.2, -0.15) is 0 Å². The second kappa shape index (κ2) is 10.0. The number of nitrogens with zero attached hydrogens (tertiary/aromatic N) is 3. The van der Waals surface area contributed by atoms with Crippen molar-refractivity contribution in [2.75, 3.05) is 32.3 Å². The Balaban J connectivity index is 1.71. The average molecular weight is 478 g/mol. The van der Waals surface area contributed by atoms with Crippen LogP contribution in [0.15, 0.2) is 63.4 Å².